The van der Waals surface area contributed by atoms with Gasteiger partial charge in [-0.05, 0) is 51.4 Å². The van der Waals surface area contributed by atoms with Crippen LogP contribution in [0.15, 0.2) is 36.5 Å². The zero-order chi connectivity index (χ0) is 68.3. The number of hydrogen-bond acceptors (Lipinski definition) is 7. The van der Waals surface area contributed by atoms with Crippen molar-refractivity contribution in [3.05, 3.63) is 36.5 Å². The minimum atomic E-state index is -4.39. The second kappa shape index (κ2) is 75.4. The van der Waals surface area contributed by atoms with Gasteiger partial charge in [-0.15, -0.1) is 0 Å². The third-order valence-electron chi connectivity index (χ3n) is 19.2. The fourth-order valence-electron chi connectivity index (χ4n) is 12.8. The van der Waals surface area contributed by atoms with E-state index in [-0.39, 0.29) is 25.6 Å². The highest BCUT2D eigenvalue weighted by atomic mass is 31.2. The number of phosphoric ester groups is 1. The van der Waals surface area contributed by atoms with Crippen LogP contribution in [-0.2, 0) is 32.7 Å². The van der Waals surface area contributed by atoms with Gasteiger partial charge in [-0.25, -0.2) is 4.57 Å². The largest absolute Gasteiger partial charge is 0.472 e. The molecule has 9 nitrogen and oxygen atoms in total. The fourth-order valence-corrected chi connectivity index (χ4v) is 13.5. The number of ether oxygens (including phenoxy) is 2. The first-order chi connectivity index (χ1) is 46.0. The van der Waals surface area contributed by atoms with E-state index in [1.165, 1.54) is 360 Å². The van der Waals surface area contributed by atoms with Crippen LogP contribution in [0, 0.1) is 0 Å². The number of allylic oxidation sites excluding steroid dienone is 6. The standard InChI is InChI=1S/C84H162NO8P/c1-6-8-10-12-14-16-18-20-22-24-26-28-30-32-34-36-38-39-40-41-42-43-44-45-47-48-50-52-54-56-58-60-62-64-66-68-70-72-74-76-83(86)90-80-82(81-92-94(88,89)91-79-78-85(3,4)5)93-84(87)77-75-73-71-69-67-65-63-61-59-57-55-53-51-49-46-37-35-33-31-29-27-25-23-21-19-17-15-13-11-9-7-2/h19,21,25,27,31,33,82H,6-18,20,22-24,26,28-30,32,34-81H2,1-5H3/p+1/b21-19-,27-25-,33-31-. The highest BCUT2D eigenvalue weighted by molar-refractivity contribution is 7.47. The number of carbonyl (C=O) groups is 2. The number of rotatable bonds is 79. The molecule has 0 spiro atoms. The molecule has 2 unspecified atom stereocenters. The number of nitrogens with zero attached hydrogens (tertiary/aromatic N) is 1. The van der Waals surface area contributed by atoms with Crippen LogP contribution in [0.5, 0.6) is 0 Å². The molecule has 10 heteroatoms. The molecule has 0 saturated heterocycles. The van der Waals surface area contributed by atoms with Gasteiger partial charge in [-0.1, -0.05) is 410 Å². The number of carbonyl (C=O) groups excluding carboxylic acids is 2. The lowest BCUT2D eigenvalue weighted by Gasteiger charge is -2.24. The predicted molar refractivity (Wildman–Crippen MR) is 409 cm³/mol. The Labute approximate surface area is 586 Å². The van der Waals surface area contributed by atoms with E-state index in [9.17, 15) is 19.0 Å². The van der Waals surface area contributed by atoms with Gasteiger partial charge in [-0.2, -0.15) is 0 Å². The van der Waals surface area contributed by atoms with E-state index < -0.39 is 26.5 Å². The van der Waals surface area contributed by atoms with Crippen molar-refractivity contribution in [3.8, 4) is 0 Å². The van der Waals surface area contributed by atoms with E-state index >= 15 is 0 Å². The molecule has 0 aromatic heterocycles. The van der Waals surface area contributed by atoms with Crippen molar-refractivity contribution >= 4 is 19.8 Å². The Bertz CT molecular complexity index is 1680. The zero-order valence-corrected chi connectivity index (χ0v) is 64.6. The molecular weight excluding hydrogens is 1180 g/mol. The quantitative estimate of drug-likeness (QED) is 0.0211. The number of likely N-dealkylation sites (N-methyl/N-ethyl adjacent to an activating group) is 1. The molecule has 0 aromatic rings. The average molecular weight is 1350 g/mol. The lowest BCUT2D eigenvalue weighted by molar-refractivity contribution is -0.870. The molecule has 556 valence electrons. The lowest BCUT2D eigenvalue weighted by Crippen LogP contribution is -2.37. The molecule has 0 heterocycles. The van der Waals surface area contributed by atoms with Gasteiger partial charge in [0.1, 0.15) is 19.8 Å². The highest BCUT2D eigenvalue weighted by Crippen LogP contribution is 2.43. The Morgan fingerprint density at radius 3 is 0.851 bits per heavy atom. The maximum atomic E-state index is 12.9. The summed E-state index contributed by atoms with van der Waals surface area (Å²) in [5.74, 6) is -0.772. The van der Waals surface area contributed by atoms with Crippen molar-refractivity contribution in [1.82, 2.24) is 0 Å². The molecule has 0 bridgehead atoms. The molecule has 0 aliphatic heterocycles. The predicted octanol–water partition coefficient (Wildman–Crippen LogP) is 27.7. The first kappa shape index (κ1) is 92.2. The van der Waals surface area contributed by atoms with Crippen LogP contribution < -0.4 is 0 Å². The SMILES string of the molecule is CCCCCCC/C=C\C/C=C\C/C=C\CCCCCCCCCCCCCCCCCCC(=O)OC(COC(=O)CCCCCCCCCCCCCCCCCCCCCCCCCCCCCCCCCCCCCCCCC)COP(=O)(O)OCC[N+](C)(C)C. The van der Waals surface area contributed by atoms with Crippen molar-refractivity contribution in [2.45, 2.75) is 444 Å². The van der Waals surface area contributed by atoms with E-state index in [2.05, 4.69) is 50.3 Å². The van der Waals surface area contributed by atoms with Crippen LogP contribution >= 0.6 is 7.82 Å². The molecular formula is C84H163NO8P+. The number of phosphoric acid groups is 1. The van der Waals surface area contributed by atoms with Crippen LogP contribution in [0.3, 0.4) is 0 Å². The van der Waals surface area contributed by atoms with Crippen LogP contribution in [0.4, 0.5) is 0 Å². The summed E-state index contributed by atoms with van der Waals surface area (Å²) in [6.07, 6.45) is 98.9. The summed E-state index contributed by atoms with van der Waals surface area (Å²) in [7, 11) is 1.50. The maximum absolute atomic E-state index is 12.9. The van der Waals surface area contributed by atoms with Gasteiger partial charge in [0.2, 0.25) is 0 Å². The normalized spacial score (nSPS) is 13.1. The van der Waals surface area contributed by atoms with E-state index in [0.717, 1.165) is 44.9 Å². The molecule has 1 N–H and O–H groups in total. The maximum Gasteiger partial charge on any atom is 0.472 e. The molecule has 0 rings (SSSR count). The fraction of sp³-hybridized carbons (Fsp3) is 0.905. The monoisotopic (exact) mass is 1350 g/mol. The van der Waals surface area contributed by atoms with Crippen molar-refractivity contribution < 1.29 is 42.1 Å². The second-order valence-corrected chi connectivity index (χ2v) is 31.3. The summed E-state index contributed by atoms with van der Waals surface area (Å²) in [4.78, 5) is 36.0. The summed E-state index contributed by atoms with van der Waals surface area (Å²) in [6.45, 7) is 4.51. The molecule has 0 aliphatic rings. The van der Waals surface area contributed by atoms with Gasteiger partial charge in [0.15, 0.2) is 6.10 Å². The summed E-state index contributed by atoms with van der Waals surface area (Å²) < 4.78 is 34.9. The molecule has 0 aliphatic carbocycles. The Morgan fingerprint density at radius 2 is 0.574 bits per heavy atom. The van der Waals surface area contributed by atoms with Crippen LogP contribution in [0.2, 0.25) is 0 Å². The number of quaternary nitrogens is 1. The van der Waals surface area contributed by atoms with E-state index in [1.807, 2.05) is 21.1 Å². The van der Waals surface area contributed by atoms with E-state index in [1.54, 1.807) is 0 Å². The minimum absolute atomic E-state index is 0.0346. The molecule has 94 heavy (non-hydrogen) atoms. The number of esters is 2. The van der Waals surface area contributed by atoms with Gasteiger partial charge in [-0.3, -0.25) is 18.6 Å². The van der Waals surface area contributed by atoms with E-state index in [4.69, 9.17) is 18.5 Å². The van der Waals surface area contributed by atoms with Crippen LogP contribution in [0.1, 0.15) is 438 Å². The first-order valence-electron chi connectivity index (χ1n) is 41.7. The average Bonchev–Trinajstić information content (AvgIpc) is 1.66. The smallest absolute Gasteiger partial charge is 0.462 e. The van der Waals surface area contributed by atoms with Crippen LogP contribution in [-0.4, -0.2) is 74.9 Å². The third-order valence-corrected chi connectivity index (χ3v) is 20.2. The van der Waals surface area contributed by atoms with Gasteiger partial charge >= 0.3 is 19.8 Å². The molecule has 0 amide bonds. The third kappa shape index (κ3) is 79.2. The molecule has 0 aromatic carbocycles. The summed E-state index contributed by atoms with van der Waals surface area (Å²) in [6, 6.07) is 0. The Morgan fingerprint density at radius 1 is 0.330 bits per heavy atom. The van der Waals surface area contributed by atoms with E-state index in [0.29, 0.717) is 23.9 Å². The van der Waals surface area contributed by atoms with Gasteiger partial charge < -0.3 is 18.9 Å². The number of unbranched alkanes of at least 4 members (excludes halogenated alkanes) is 59. The zero-order valence-electron chi connectivity index (χ0n) is 63.7. The Balaban J connectivity index is 3.87. The second-order valence-electron chi connectivity index (χ2n) is 29.9. The highest BCUT2D eigenvalue weighted by Gasteiger charge is 2.27. The van der Waals surface area contributed by atoms with Gasteiger partial charge in [0, 0.05) is 12.8 Å². The first-order valence-corrected chi connectivity index (χ1v) is 43.2. The Hall–Kier alpha value is -1.77. The number of hydrogen-bond donors (Lipinski definition) is 1. The lowest BCUT2D eigenvalue weighted by atomic mass is 10.0. The van der Waals surface area contributed by atoms with Gasteiger partial charge in [0.05, 0.1) is 27.7 Å². The molecule has 0 radical (unpaired) electrons. The van der Waals surface area contributed by atoms with Crippen molar-refractivity contribution in [2.24, 2.45) is 0 Å². The summed E-state index contributed by atoms with van der Waals surface area (Å²) >= 11 is 0. The van der Waals surface area contributed by atoms with Gasteiger partial charge in [0.25, 0.3) is 0 Å². The molecule has 0 saturated carbocycles. The molecule has 2 atom stereocenters. The van der Waals surface area contributed by atoms with Crippen molar-refractivity contribution in [1.29, 1.82) is 0 Å². The van der Waals surface area contributed by atoms with Crippen molar-refractivity contribution in [3.63, 3.8) is 0 Å². The summed E-state index contributed by atoms with van der Waals surface area (Å²) in [5, 5.41) is 0. The summed E-state index contributed by atoms with van der Waals surface area (Å²) in [5.41, 5.74) is 0. The molecule has 0 fully saturated rings. The van der Waals surface area contributed by atoms with Crippen LogP contribution in [0.25, 0.3) is 0 Å². The topological polar surface area (TPSA) is 108 Å². The van der Waals surface area contributed by atoms with Crippen molar-refractivity contribution in [2.75, 3.05) is 47.5 Å². The Kier molecular flexibility index (Phi) is 74.0. The minimum Gasteiger partial charge on any atom is -0.462 e.